The first-order valence-corrected chi connectivity index (χ1v) is 5.57. The van der Waals surface area contributed by atoms with E-state index in [9.17, 15) is 4.79 Å². The van der Waals surface area contributed by atoms with Crippen LogP contribution in [-0.4, -0.2) is 16.2 Å². The van der Waals surface area contributed by atoms with Gasteiger partial charge in [-0.2, -0.15) is 5.10 Å². The Hall–Kier alpha value is -1.23. The van der Waals surface area contributed by atoms with Crippen LogP contribution in [0.3, 0.4) is 0 Å². The van der Waals surface area contributed by atoms with Crippen molar-refractivity contribution in [2.24, 2.45) is 0 Å². The molecule has 1 aromatic heterocycles. The lowest BCUT2D eigenvalue weighted by atomic mass is 10.3. The monoisotopic (exact) mass is 290 g/mol. The molecule has 17 heavy (non-hydrogen) atoms. The van der Waals surface area contributed by atoms with Crippen LogP contribution < -0.4 is 4.74 Å². The smallest absolute Gasteiger partial charge is 0.346 e. The minimum Gasteiger partial charge on any atom is -0.420 e. The number of halogens is 3. The lowest BCUT2D eigenvalue weighted by molar-refractivity contribution is 0.0735. The zero-order chi connectivity index (χ0) is 12.4. The first-order valence-electron chi connectivity index (χ1n) is 4.43. The van der Waals surface area contributed by atoms with Gasteiger partial charge < -0.3 is 4.74 Å². The molecule has 0 fully saturated rings. The van der Waals surface area contributed by atoms with Crippen LogP contribution in [0.4, 0.5) is 0 Å². The van der Waals surface area contributed by atoms with Crippen molar-refractivity contribution in [3.8, 4) is 5.75 Å². The Labute approximate surface area is 111 Å². The van der Waals surface area contributed by atoms with E-state index in [2.05, 4.69) is 10.2 Å². The predicted octanol–water partition coefficient (Wildman–Crippen LogP) is 3.59. The highest BCUT2D eigenvalue weighted by Gasteiger charge is 2.15. The molecule has 1 aromatic carbocycles. The molecule has 2 aromatic rings. The fourth-order valence-corrected chi connectivity index (χ4v) is 2.03. The Morgan fingerprint density at radius 2 is 1.88 bits per heavy atom. The standard InChI is InChI=1S/C10H5Cl3N2O2/c11-6-1-7(12)9(8(13)2-6)17-10(16)5-3-14-15-4-5/h1-4H,(H,14,15). The van der Waals surface area contributed by atoms with Gasteiger partial charge in [-0.3, -0.25) is 5.10 Å². The SMILES string of the molecule is O=C(Oc1c(Cl)cc(Cl)cc1Cl)c1cn[nH]c1. The van der Waals surface area contributed by atoms with Gasteiger partial charge in [-0.1, -0.05) is 34.8 Å². The van der Waals surface area contributed by atoms with Gasteiger partial charge in [-0.15, -0.1) is 0 Å². The number of carbonyl (C=O) groups is 1. The number of ether oxygens (including phenoxy) is 1. The van der Waals surface area contributed by atoms with Gasteiger partial charge in [0.1, 0.15) is 0 Å². The Kier molecular flexibility index (Phi) is 3.57. The molecule has 0 saturated carbocycles. The first-order chi connectivity index (χ1) is 8.08. The molecule has 0 saturated heterocycles. The van der Waals surface area contributed by atoms with Gasteiger partial charge in [-0.05, 0) is 12.1 Å². The lowest BCUT2D eigenvalue weighted by Gasteiger charge is -2.07. The van der Waals surface area contributed by atoms with Crippen LogP contribution in [-0.2, 0) is 0 Å². The third-order valence-corrected chi connectivity index (χ3v) is 2.67. The number of esters is 1. The average molecular weight is 292 g/mol. The second-order valence-electron chi connectivity index (χ2n) is 3.08. The minimum atomic E-state index is -0.607. The number of hydrogen-bond donors (Lipinski definition) is 1. The largest absolute Gasteiger partial charge is 0.420 e. The number of nitrogens with zero attached hydrogens (tertiary/aromatic N) is 1. The van der Waals surface area contributed by atoms with Crippen LogP contribution >= 0.6 is 34.8 Å². The van der Waals surface area contributed by atoms with E-state index < -0.39 is 5.97 Å². The summed E-state index contributed by atoms with van der Waals surface area (Å²) < 4.78 is 5.05. The van der Waals surface area contributed by atoms with Gasteiger partial charge in [0.15, 0.2) is 5.75 Å². The summed E-state index contributed by atoms with van der Waals surface area (Å²) in [5.41, 5.74) is 0.270. The average Bonchev–Trinajstić information content (AvgIpc) is 2.76. The Morgan fingerprint density at radius 3 is 2.41 bits per heavy atom. The number of nitrogens with one attached hydrogen (secondary N) is 1. The van der Waals surface area contributed by atoms with Crippen molar-refractivity contribution in [3.63, 3.8) is 0 Å². The van der Waals surface area contributed by atoms with E-state index in [0.717, 1.165) is 0 Å². The quantitative estimate of drug-likeness (QED) is 0.679. The van der Waals surface area contributed by atoms with E-state index in [1.165, 1.54) is 24.5 Å². The summed E-state index contributed by atoms with van der Waals surface area (Å²) in [5.74, 6) is -0.534. The normalized spacial score (nSPS) is 10.3. The van der Waals surface area contributed by atoms with Gasteiger partial charge in [0, 0.05) is 11.2 Å². The topological polar surface area (TPSA) is 55.0 Å². The lowest BCUT2D eigenvalue weighted by Crippen LogP contribution is -2.08. The van der Waals surface area contributed by atoms with E-state index in [1.54, 1.807) is 0 Å². The van der Waals surface area contributed by atoms with Crippen molar-refractivity contribution in [1.82, 2.24) is 10.2 Å². The number of rotatable bonds is 2. The van der Waals surface area contributed by atoms with Crippen LogP contribution in [0.25, 0.3) is 0 Å². The molecule has 0 aliphatic carbocycles. The minimum absolute atomic E-state index is 0.0731. The highest BCUT2D eigenvalue weighted by molar-refractivity contribution is 6.40. The van der Waals surface area contributed by atoms with Crippen molar-refractivity contribution >= 4 is 40.8 Å². The second kappa shape index (κ2) is 4.96. The molecule has 0 amide bonds. The highest BCUT2D eigenvalue weighted by Crippen LogP contribution is 2.36. The Balaban J connectivity index is 2.28. The third kappa shape index (κ3) is 2.72. The number of hydrogen-bond acceptors (Lipinski definition) is 3. The van der Waals surface area contributed by atoms with E-state index in [0.29, 0.717) is 5.02 Å². The Bertz CT molecular complexity index is 532. The van der Waals surface area contributed by atoms with E-state index in [1.807, 2.05) is 0 Å². The summed E-state index contributed by atoms with van der Waals surface area (Å²) >= 11 is 17.5. The second-order valence-corrected chi connectivity index (χ2v) is 4.33. The molecule has 0 bridgehead atoms. The number of carbonyl (C=O) groups excluding carboxylic acids is 1. The molecular formula is C10H5Cl3N2O2. The maximum atomic E-state index is 11.6. The third-order valence-electron chi connectivity index (χ3n) is 1.89. The van der Waals surface area contributed by atoms with Crippen LogP contribution in [0.1, 0.15) is 10.4 Å². The summed E-state index contributed by atoms with van der Waals surface area (Å²) in [6.45, 7) is 0. The number of H-pyrrole nitrogens is 1. The van der Waals surface area contributed by atoms with Crippen LogP contribution in [0.15, 0.2) is 24.5 Å². The molecule has 1 heterocycles. The van der Waals surface area contributed by atoms with Gasteiger partial charge in [0.05, 0.1) is 21.8 Å². The molecule has 88 valence electrons. The molecule has 7 heteroatoms. The summed E-state index contributed by atoms with van der Waals surface area (Å²) in [4.78, 5) is 11.6. The molecule has 0 unspecified atom stereocenters. The van der Waals surface area contributed by atoms with Crippen LogP contribution in [0, 0.1) is 0 Å². The van der Waals surface area contributed by atoms with Gasteiger partial charge >= 0.3 is 5.97 Å². The number of aromatic nitrogens is 2. The summed E-state index contributed by atoms with van der Waals surface area (Å²) in [5, 5.41) is 6.82. The van der Waals surface area contributed by atoms with E-state index in [-0.39, 0.29) is 21.4 Å². The Morgan fingerprint density at radius 1 is 1.24 bits per heavy atom. The highest BCUT2D eigenvalue weighted by atomic mass is 35.5. The molecule has 0 spiro atoms. The maximum Gasteiger partial charge on any atom is 0.346 e. The van der Waals surface area contributed by atoms with Gasteiger partial charge in [0.25, 0.3) is 0 Å². The summed E-state index contributed by atoms with van der Waals surface area (Å²) in [6.07, 6.45) is 2.74. The fourth-order valence-electron chi connectivity index (χ4n) is 1.14. The molecule has 0 aliphatic rings. The van der Waals surface area contributed by atoms with Crippen molar-refractivity contribution < 1.29 is 9.53 Å². The van der Waals surface area contributed by atoms with Crippen molar-refractivity contribution in [2.45, 2.75) is 0 Å². The molecule has 0 atom stereocenters. The predicted molar refractivity (Wildman–Crippen MR) is 65.0 cm³/mol. The molecule has 4 nitrogen and oxygen atoms in total. The zero-order valence-corrected chi connectivity index (χ0v) is 10.5. The number of aromatic amines is 1. The molecular weight excluding hydrogens is 286 g/mol. The summed E-state index contributed by atoms with van der Waals surface area (Å²) in [7, 11) is 0. The van der Waals surface area contributed by atoms with Crippen molar-refractivity contribution in [1.29, 1.82) is 0 Å². The maximum absolute atomic E-state index is 11.6. The zero-order valence-electron chi connectivity index (χ0n) is 8.21. The van der Waals surface area contributed by atoms with Crippen LogP contribution in [0.5, 0.6) is 5.75 Å². The van der Waals surface area contributed by atoms with Gasteiger partial charge in [0.2, 0.25) is 0 Å². The van der Waals surface area contributed by atoms with E-state index >= 15 is 0 Å². The molecule has 0 radical (unpaired) electrons. The molecule has 0 aliphatic heterocycles. The molecule has 2 rings (SSSR count). The summed E-state index contributed by atoms with van der Waals surface area (Å²) in [6, 6.07) is 2.87. The fraction of sp³-hybridized carbons (Fsp3) is 0. The first kappa shape index (κ1) is 12.2. The number of benzene rings is 1. The molecule has 1 N–H and O–H groups in total. The van der Waals surface area contributed by atoms with Crippen LogP contribution in [0.2, 0.25) is 15.1 Å². The van der Waals surface area contributed by atoms with Gasteiger partial charge in [-0.25, -0.2) is 4.79 Å². The van der Waals surface area contributed by atoms with Crippen molar-refractivity contribution in [2.75, 3.05) is 0 Å². The van der Waals surface area contributed by atoms with Crippen molar-refractivity contribution in [3.05, 3.63) is 45.2 Å². The van der Waals surface area contributed by atoms with E-state index in [4.69, 9.17) is 39.5 Å².